The molecule has 0 saturated carbocycles. The molecule has 1 saturated heterocycles. The predicted octanol–water partition coefficient (Wildman–Crippen LogP) is 3.85. The SMILES string of the molecule is Cc1cc2c(cnn2-c2ccc(=O)n(C)c2)cc1C1(Cc2ccccc2)CCN(C(=O)c2ccnnc2)C1. The largest absolute Gasteiger partial charge is 0.338 e. The number of hydrogen-bond donors (Lipinski definition) is 0. The highest BCUT2D eigenvalue weighted by Crippen LogP contribution is 2.41. The van der Waals surface area contributed by atoms with Crippen LogP contribution in [0.5, 0.6) is 0 Å². The number of pyridine rings is 1. The number of carbonyl (C=O) groups is 1. The lowest BCUT2D eigenvalue weighted by Crippen LogP contribution is -2.36. The molecule has 0 spiro atoms. The molecule has 8 nitrogen and oxygen atoms in total. The Labute approximate surface area is 220 Å². The number of rotatable bonds is 5. The third-order valence-electron chi connectivity index (χ3n) is 7.66. The lowest BCUT2D eigenvalue weighted by atomic mass is 9.73. The smallest absolute Gasteiger partial charge is 0.255 e. The first-order valence-corrected chi connectivity index (χ1v) is 12.7. The lowest BCUT2D eigenvalue weighted by Gasteiger charge is -2.32. The summed E-state index contributed by atoms with van der Waals surface area (Å²) in [5.74, 6) is -0.0175. The van der Waals surface area contributed by atoms with Crippen LogP contribution < -0.4 is 5.56 Å². The highest BCUT2D eigenvalue weighted by Gasteiger charge is 2.42. The molecule has 1 fully saturated rings. The summed E-state index contributed by atoms with van der Waals surface area (Å²) in [6, 6.07) is 20.0. The number of likely N-dealkylation sites (tertiary alicyclic amines) is 1. The maximum Gasteiger partial charge on any atom is 0.255 e. The second-order valence-electron chi connectivity index (χ2n) is 10.2. The van der Waals surface area contributed by atoms with Crippen molar-refractivity contribution in [1.29, 1.82) is 0 Å². The van der Waals surface area contributed by atoms with Crippen LogP contribution in [0.2, 0.25) is 0 Å². The maximum absolute atomic E-state index is 13.3. The van der Waals surface area contributed by atoms with E-state index in [-0.39, 0.29) is 16.9 Å². The number of aryl methyl sites for hydroxylation is 2. The lowest BCUT2D eigenvalue weighted by molar-refractivity contribution is 0.0782. The fraction of sp³-hybridized carbons (Fsp3) is 0.233. The summed E-state index contributed by atoms with van der Waals surface area (Å²) in [7, 11) is 1.74. The van der Waals surface area contributed by atoms with Crippen molar-refractivity contribution in [3.05, 3.63) is 118 Å². The van der Waals surface area contributed by atoms with Crippen LogP contribution in [-0.4, -0.2) is 48.4 Å². The summed E-state index contributed by atoms with van der Waals surface area (Å²) in [4.78, 5) is 27.2. The van der Waals surface area contributed by atoms with Crippen LogP contribution >= 0.6 is 0 Å². The quantitative estimate of drug-likeness (QED) is 0.363. The van der Waals surface area contributed by atoms with Gasteiger partial charge in [0.15, 0.2) is 0 Å². The van der Waals surface area contributed by atoms with E-state index in [2.05, 4.69) is 58.6 Å². The highest BCUT2D eigenvalue weighted by atomic mass is 16.2. The zero-order valence-electron chi connectivity index (χ0n) is 21.4. The molecule has 5 aromatic rings. The molecule has 6 rings (SSSR count). The molecule has 0 bridgehead atoms. The summed E-state index contributed by atoms with van der Waals surface area (Å²) in [5, 5.41) is 13.4. The molecule has 0 radical (unpaired) electrons. The Kier molecular flexibility index (Phi) is 5.87. The van der Waals surface area contributed by atoms with Gasteiger partial charge < -0.3 is 9.47 Å². The molecule has 2 aromatic carbocycles. The van der Waals surface area contributed by atoms with Crippen LogP contribution in [0.3, 0.4) is 0 Å². The molecule has 1 amide bonds. The van der Waals surface area contributed by atoms with Crippen molar-refractivity contribution in [2.75, 3.05) is 13.1 Å². The van der Waals surface area contributed by atoms with E-state index in [1.54, 1.807) is 42.2 Å². The van der Waals surface area contributed by atoms with E-state index >= 15 is 0 Å². The standard InChI is InChI=1S/C30H28N6O2/c1-21-14-27-24(18-33-36(27)25-8-9-28(37)34(2)19-25)15-26(21)30(16-22-6-4-3-5-7-22)11-13-35(20-30)29(38)23-10-12-31-32-17-23/h3-10,12,14-15,17-19H,11,13,16,20H2,1-2H3. The van der Waals surface area contributed by atoms with Gasteiger partial charge in [0.05, 0.1) is 35.4 Å². The van der Waals surface area contributed by atoms with Gasteiger partial charge >= 0.3 is 0 Å². The van der Waals surface area contributed by atoms with Crippen LogP contribution in [0.1, 0.15) is 33.5 Å². The molecule has 3 aromatic heterocycles. The van der Waals surface area contributed by atoms with Crippen molar-refractivity contribution in [2.45, 2.75) is 25.2 Å². The van der Waals surface area contributed by atoms with Crippen molar-refractivity contribution in [1.82, 2.24) is 29.4 Å². The van der Waals surface area contributed by atoms with E-state index in [9.17, 15) is 9.59 Å². The predicted molar refractivity (Wildman–Crippen MR) is 145 cm³/mol. The Bertz CT molecular complexity index is 1690. The average Bonchev–Trinajstić information content (AvgIpc) is 3.55. The minimum atomic E-state index is -0.242. The van der Waals surface area contributed by atoms with E-state index < -0.39 is 0 Å². The van der Waals surface area contributed by atoms with Gasteiger partial charge in [0, 0.05) is 43.2 Å². The molecule has 8 heteroatoms. The first-order valence-electron chi connectivity index (χ1n) is 12.7. The molecule has 0 aliphatic carbocycles. The first-order chi connectivity index (χ1) is 18.4. The van der Waals surface area contributed by atoms with Gasteiger partial charge in [0.25, 0.3) is 5.91 Å². The number of amides is 1. The molecule has 38 heavy (non-hydrogen) atoms. The van der Waals surface area contributed by atoms with Gasteiger partial charge in [0.2, 0.25) is 5.56 Å². The van der Waals surface area contributed by atoms with Gasteiger partial charge in [-0.1, -0.05) is 30.3 Å². The Morgan fingerprint density at radius 3 is 2.63 bits per heavy atom. The van der Waals surface area contributed by atoms with Crippen molar-refractivity contribution < 1.29 is 4.79 Å². The van der Waals surface area contributed by atoms with Gasteiger partial charge in [-0.25, -0.2) is 4.68 Å². The van der Waals surface area contributed by atoms with E-state index in [1.165, 1.54) is 17.3 Å². The number of aromatic nitrogens is 5. The number of hydrogen-bond acceptors (Lipinski definition) is 5. The molecule has 0 N–H and O–H groups in total. The zero-order valence-corrected chi connectivity index (χ0v) is 21.4. The summed E-state index contributed by atoms with van der Waals surface area (Å²) >= 11 is 0. The second-order valence-corrected chi connectivity index (χ2v) is 10.2. The number of benzene rings is 2. The van der Waals surface area contributed by atoms with E-state index in [0.29, 0.717) is 18.7 Å². The fourth-order valence-electron chi connectivity index (χ4n) is 5.75. The Morgan fingerprint density at radius 2 is 1.87 bits per heavy atom. The molecule has 1 unspecified atom stereocenters. The summed E-state index contributed by atoms with van der Waals surface area (Å²) in [6.07, 6.45) is 8.44. The van der Waals surface area contributed by atoms with Crippen LogP contribution in [-0.2, 0) is 18.9 Å². The van der Waals surface area contributed by atoms with E-state index in [1.807, 2.05) is 21.8 Å². The molecule has 4 heterocycles. The third kappa shape index (κ3) is 4.18. The zero-order chi connectivity index (χ0) is 26.3. The van der Waals surface area contributed by atoms with Crippen LogP contribution in [0.25, 0.3) is 16.6 Å². The fourth-order valence-corrected chi connectivity index (χ4v) is 5.75. The monoisotopic (exact) mass is 504 g/mol. The summed E-state index contributed by atoms with van der Waals surface area (Å²) in [6.45, 7) is 3.42. The van der Waals surface area contributed by atoms with Gasteiger partial charge in [0.1, 0.15) is 0 Å². The van der Waals surface area contributed by atoms with Gasteiger partial charge in [-0.15, -0.1) is 0 Å². The van der Waals surface area contributed by atoms with Crippen molar-refractivity contribution in [3.8, 4) is 5.69 Å². The van der Waals surface area contributed by atoms with Crippen molar-refractivity contribution in [2.24, 2.45) is 7.05 Å². The van der Waals surface area contributed by atoms with E-state index in [4.69, 9.17) is 0 Å². The molecule has 1 aliphatic rings. The molecular formula is C30H28N6O2. The minimum absolute atomic E-state index is 0.0175. The molecule has 190 valence electrons. The minimum Gasteiger partial charge on any atom is -0.338 e. The molecular weight excluding hydrogens is 476 g/mol. The number of fused-ring (bicyclic) bond motifs is 1. The van der Waals surface area contributed by atoms with E-state index in [0.717, 1.165) is 35.0 Å². The normalized spacial score (nSPS) is 17.3. The van der Waals surface area contributed by atoms with Gasteiger partial charge in [-0.3, -0.25) is 9.59 Å². The Morgan fingerprint density at radius 1 is 1.03 bits per heavy atom. The topological polar surface area (TPSA) is 85.9 Å². The maximum atomic E-state index is 13.3. The average molecular weight is 505 g/mol. The van der Waals surface area contributed by atoms with Crippen LogP contribution in [0, 0.1) is 6.92 Å². The summed E-state index contributed by atoms with van der Waals surface area (Å²) in [5.41, 5.74) is 5.69. The van der Waals surface area contributed by atoms with Gasteiger partial charge in [-0.05, 0) is 60.7 Å². The Balaban J connectivity index is 1.42. The Hall–Kier alpha value is -4.59. The number of nitrogens with zero attached hydrogens (tertiary/aromatic N) is 6. The number of carbonyl (C=O) groups excluding carboxylic acids is 1. The van der Waals surface area contributed by atoms with Crippen LogP contribution in [0.15, 0.2) is 90.2 Å². The van der Waals surface area contributed by atoms with Gasteiger partial charge in [-0.2, -0.15) is 15.3 Å². The van der Waals surface area contributed by atoms with Crippen LogP contribution in [0.4, 0.5) is 0 Å². The molecule has 1 aliphatic heterocycles. The second kappa shape index (κ2) is 9.37. The van der Waals surface area contributed by atoms with Crippen molar-refractivity contribution in [3.63, 3.8) is 0 Å². The highest BCUT2D eigenvalue weighted by molar-refractivity contribution is 5.94. The third-order valence-corrected chi connectivity index (χ3v) is 7.66. The van der Waals surface area contributed by atoms with Crippen molar-refractivity contribution >= 4 is 16.8 Å². The molecule has 1 atom stereocenters. The summed E-state index contributed by atoms with van der Waals surface area (Å²) < 4.78 is 3.43. The first kappa shape index (κ1) is 23.8.